The minimum Gasteiger partial charge on any atom is -0.486 e. The Morgan fingerprint density at radius 1 is 1.04 bits per heavy atom. The minimum absolute atomic E-state index is 0.199. The molecule has 3 aromatic rings. The fourth-order valence-electron chi connectivity index (χ4n) is 2.53. The molecule has 0 spiro atoms. The van der Waals surface area contributed by atoms with Crippen LogP contribution < -0.4 is 19.5 Å². The first-order valence-electron chi connectivity index (χ1n) is 8.12. The van der Waals surface area contributed by atoms with Crippen LogP contribution in [0.4, 0.5) is 0 Å². The third-order valence-electron chi connectivity index (χ3n) is 3.83. The Kier molecular flexibility index (Phi) is 4.27. The molecule has 26 heavy (non-hydrogen) atoms. The van der Waals surface area contributed by atoms with Gasteiger partial charge in [0.2, 0.25) is 6.79 Å². The summed E-state index contributed by atoms with van der Waals surface area (Å²) in [5.74, 6) is 3.91. The summed E-state index contributed by atoms with van der Waals surface area (Å²) in [6.07, 6.45) is 0. The van der Waals surface area contributed by atoms with Gasteiger partial charge in [0.25, 0.3) is 5.91 Å². The summed E-state index contributed by atoms with van der Waals surface area (Å²) in [7, 11) is 0. The fraction of sp³-hybridized carbons (Fsp3) is 0.211. The third-order valence-corrected chi connectivity index (χ3v) is 3.83. The maximum absolute atomic E-state index is 12.1. The van der Waals surface area contributed by atoms with Gasteiger partial charge < -0.3 is 28.4 Å². The maximum atomic E-state index is 12.1. The molecule has 0 atom stereocenters. The lowest BCUT2D eigenvalue weighted by molar-refractivity contribution is 0.0916. The van der Waals surface area contributed by atoms with Gasteiger partial charge in [0, 0.05) is 6.07 Å². The Morgan fingerprint density at radius 3 is 2.73 bits per heavy atom. The zero-order valence-electron chi connectivity index (χ0n) is 14.1. The second-order valence-electron chi connectivity index (χ2n) is 5.76. The molecule has 0 saturated carbocycles. The third kappa shape index (κ3) is 3.51. The molecule has 0 unspecified atom stereocenters. The summed E-state index contributed by atoms with van der Waals surface area (Å²) in [5, 5.41) is 2.75. The van der Waals surface area contributed by atoms with E-state index < -0.39 is 0 Å². The van der Waals surface area contributed by atoms with Crippen molar-refractivity contribution in [3.8, 4) is 17.2 Å². The van der Waals surface area contributed by atoms with Crippen molar-refractivity contribution in [1.82, 2.24) is 5.32 Å². The quantitative estimate of drug-likeness (QED) is 0.729. The van der Waals surface area contributed by atoms with E-state index in [4.69, 9.17) is 23.0 Å². The zero-order chi connectivity index (χ0) is 17.9. The lowest BCUT2D eigenvalue weighted by Crippen LogP contribution is -2.21. The highest BCUT2D eigenvalue weighted by Crippen LogP contribution is 2.35. The standard InChI is InChI=1S/C19H17NO6/c1-12-2-3-14(25-12)9-20-19(21)17-7-5-15(26-17)10-22-13-4-6-16-18(8-13)24-11-23-16/h2-8H,9-11H2,1H3,(H,20,21). The highest BCUT2D eigenvalue weighted by Gasteiger charge is 2.15. The van der Waals surface area contributed by atoms with Gasteiger partial charge in [-0.05, 0) is 43.3 Å². The molecular weight excluding hydrogens is 338 g/mol. The Hall–Kier alpha value is -3.35. The molecule has 1 amide bonds. The number of rotatable bonds is 6. The molecule has 1 aliphatic rings. The molecule has 7 nitrogen and oxygen atoms in total. The number of fused-ring (bicyclic) bond motifs is 1. The first-order valence-corrected chi connectivity index (χ1v) is 8.12. The van der Waals surface area contributed by atoms with Crippen LogP contribution in [-0.4, -0.2) is 12.7 Å². The molecule has 0 saturated heterocycles. The van der Waals surface area contributed by atoms with Gasteiger partial charge in [-0.25, -0.2) is 0 Å². The highest BCUT2D eigenvalue weighted by atomic mass is 16.7. The molecule has 0 fully saturated rings. The van der Waals surface area contributed by atoms with Gasteiger partial charge in [-0.1, -0.05) is 0 Å². The zero-order valence-corrected chi connectivity index (χ0v) is 14.1. The van der Waals surface area contributed by atoms with Gasteiger partial charge in [0.1, 0.15) is 29.6 Å². The predicted molar refractivity (Wildman–Crippen MR) is 90.2 cm³/mol. The molecule has 2 aromatic heterocycles. The number of carbonyl (C=O) groups excluding carboxylic acids is 1. The summed E-state index contributed by atoms with van der Waals surface area (Å²) >= 11 is 0. The van der Waals surface area contributed by atoms with E-state index in [1.165, 1.54) is 0 Å². The monoisotopic (exact) mass is 355 g/mol. The van der Waals surface area contributed by atoms with E-state index in [1.54, 1.807) is 30.3 Å². The number of hydrogen-bond donors (Lipinski definition) is 1. The second kappa shape index (κ2) is 6.87. The molecule has 1 N–H and O–H groups in total. The van der Waals surface area contributed by atoms with E-state index >= 15 is 0 Å². The van der Waals surface area contributed by atoms with Crippen molar-refractivity contribution in [2.75, 3.05) is 6.79 Å². The summed E-state index contributed by atoms with van der Waals surface area (Å²) in [5.41, 5.74) is 0. The first-order chi connectivity index (χ1) is 12.7. The normalized spacial score (nSPS) is 12.2. The van der Waals surface area contributed by atoms with E-state index in [0.29, 0.717) is 35.3 Å². The van der Waals surface area contributed by atoms with Crippen LogP contribution in [-0.2, 0) is 13.2 Å². The smallest absolute Gasteiger partial charge is 0.287 e. The average molecular weight is 355 g/mol. The Labute approximate surface area is 149 Å². The van der Waals surface area contributed by atoms with Crippen LogP contribution >= 0.6 is 0 Å². The summed E-state index contributed by atoms with van der Waals surface area (Å²) in [6.45, 7) is 2.57. The number of ether oxygens (including phenoxy) is 3. The second-order valence-corrected chi connectivity index (χ2v) is 5.76. The molecule has 3 heterocycles. The fourth-order valence-corrected chi connectivity index (χ4v) is 2.53. The lowest BCUT2D eigenvalue weighted by Gasteiger charge is -2.05. The summed E-state index contributed by atoms with van der Waals surface area (Å²) in [4.78, 5) is 12.1. The molecule has 4 rings (SSSR count). The van der Waals surface area contributed by atoms with Crippen molar-refractivity contribution < 1.29 is 27.8 Å². The number of furan rings is 2. The summed E-state index contributed by atoms with van der Waals surface area (Å²) in [6, 6.07) is 12.3. The molecule has 1 aromatic carbocycles. The van der Waals surface area contributed by atoms with Crippen molar-refractivity contribution in [3.63, 3.8) is 0 Å². The topological polar surface area (TPSA) is 83.1 Å². The van der Waals surface area contributed by atoms with Crippen LogP contribution in [0.3, 0.4) is 0 Å². The van der Waals surface area contributed by atoms with Gasteiger partial charge in [-0.3, -0.25) is 4.79 Å². The van der Waals surface area contributed by atoms with Gasteiger partial charge in [-0.15, -0.1) is 0 Å². The predicted octanol–water partition coefficient (Wildman–Crippen LogP) is 3.42. The Bertz CT molecular complexity index is 926. The van der Waals surface area contributed by atoms with Crippen molar-refractivity contribution >= 4 is 5.91 Å². The van der Waals surface area contributed by atoms with Crippen molar-refractivity contribution in [2.45, 2.75) is 20.1 Å². The average Bonchev–Trinajstić information content (AvgIpc) is 3.38. The number of nitrogens with one attached hydrogen (secondary N) is 1. The molecule has 134 valence electrons. The van der Waals surface area contributed by atoms with Gasteiger partial charge in [0.15, 0.2) is 17.3 Å². The van der Waals surface area contributed by atoms with E-state index in [1.807, 2.05) is 19.1 Å². The first kappa shape index (κ1) is 16.1. The number of amides is 1. The number of carbonyl (C=O) groups is 1. The minimum atomic E-state index is -0.312. The van der Waals surface area contributed by atoms with Crippen LogP contribution in [0.15, 0.2) is 51.3 Å². The van der Waals surface area contributed by atoms with Gasteiger partial charge >= 0.3 is 0 Å². The molecule has 0 aliphatic carbocycles. The van der Waals surface area contributed by atoms with Crippen LogP contribution in [0.1, 0.15) is 27.8 Å². The van der Waals surface area contributed by atoms with Crippen molar-refractivity contribution in [1.29, 1.82) is 0 Å². The van der Waals surface area contributed by atoms with Gasteiger partial charge in [-0.2, -0.15) is 0 Å². The number of benzene rings is 1. The highest BCUT2D eigenvalue weighted by molar-refractivity contribution is 5.91. The number of aryl methyl sites for hydroxylation is 1. The van der Waals surface area contributed by atoms with E-state index in [2.05, 4.69) is 5.32 Å². The van der Waals surface area contributed by atoms with Crippen LogP contribution in [0.2, 0.25) is 0 Å². The van der Waals surface area contributed by atoms with Crippen LogP contribution in [0.25, 0.3) is 0 Å². The molecule has 1 aliphatic heterocycles. The Balaban J connectivity index is 1.31. The van der Waals surface area contributed by atoms with Crippen LogP contribution in [0, 0.1) is 6.92 Å². The molecule has 7 heteroatoms. The Morgan fingerprint density at radius 2 is 1.88 bits per heavy atom. The van der Waals surface area contributed by atoms with E-state index in [9.17, 15) is 4.79 Å². The molecular formula is C19H17NO6. The largest absolute Gasteiger partial charge is 0.486 e. The van der Waals surface area contributed by atoms with Crippen LogP contribution in [0.5, 0.6) is 17.2 Å². The maximum Gasteiger partial charge on any atom is 0.287 e. The number of hydrogen-bond acceptors (Lipinski definition) is 6. The SMILES string of the molecule is Cc1ccc(CNC(=O)c2ccc(COc3ccc4c(c3)OCO4)o2)o1. The van der Waals surface area contributed by atoms with Gasteiger partial charge in [0.05, 0.1) is 6.54 Å². The molecule has 0 radical (unpaired) electrons. The van der Waals surface area contributed by atoms with Crippen molar-refractivity contribution in [3.05, 3.63) is 65.5 Å². The van der Waals surface area contributed by atoms with Crippen molar-refractivity contribution in [2.24, 2.45) is 0 Å². The van der Waals surface area contributed by atoms with E-state index in [-0.39, 0.29) is 25.1 Å². The molecule has 0 bridgehead atoms. The lowest BCUT2D eigenvalue weighted by atomic mass is 10.3. The summed E-state index contributed by atoms with van der Waals surface area (Å²) < 4.78 is 27.2. The van der Waals surface area contributed by atoms with E-state index in [0.717, 1.165) is 5.76 Å².